The highest BCUT2D eigenvalue weighted by Crippen LogP contribution is 2.29. The summed E-state index contributed by atoms with van der Waals surface area (Å²) in [5, 5.41) is 10.7. The fraction of sp³-hybridized carbons (Fsp3) is 0.650. The van der Waals surface area contributed by atoms with Crippen LogP contribution in [0.3, 0.4) is 0 Å². The van der Waals surface area contributed by atoms with Crippen molar-refractivity contribution in [1.29, 1.82) is 0 Å². The maximum absolute atomic E-state index is 13.0. The lowest BCUT2D eigenvalue weighted by atomic mass is 9.91. The van der Waals surface area contributed by atoms with Crippen LogP contribution in [0.2, 0.25) is 5.02 Å². The molecule has 26 heavy (non-hydrogen) atoms. The third-order valence-electron chi connectivity index (χ3n) is 5.57. The van der Waals surface area contributed by atoms with Gasteiger partial charge in [0.2, 0.25) is 0 Å². The number of benzene rings is 1. The van der Waals surface area contributed by atoms with Crippen LogP contribution >= 0.6 is 11.6 Å². The molecule has 5 nitrogen and oxygen atoms in total. The predicted molar refractivity (Wildman–Crippen MR) is 105 cm³/mol. The number of rotatable bonds is 4. The zero-order valence-electron chi connectivity index (χ0n) is 16.0. The minimum atomic E-state index is -0.394. The molecule has 2 aliphatic rings. The molecule has 2 saturated heterocycles. The third-order valence-corrected chi connectivity index (χ3v) is 5.82. The quantitative estimate of drug-likeness (QED) is 0.871. The minimum Gasteiger partial charge on any atom is -0.394 e. The van der Waals surface area contributed by atoms with E-state index in [4.69, 9.17) is 11.6 Å². The molecular weight excluding hydrogens is 350 g/mol. The first-order chi connectivity index (χ1) is 12.3. The van der Waals surface area contributed by atoms with Gasteiger partial charge in [0, 0.05) is 55.9 Å². The second kappa shape index (κ2) is 7.85. The van der Waals surface area contributed by atoms with Crippen molar-refractivity contribution in [2.45, 2.75) is 32.4 Å². The van der Waals surface area contributed by atoms with E-state index in [2.05, 4.69) is 30.6 Å². The van der Waals surface area contributed by atoms with Crippen LogP contribution in [0.15, 0.2) is 24.3 Å². The smallest absolute Gasteiger partial charge is 0.253 e. The second-order valence-corrected chi connectivity index (χ2v) is 8.78. The van der Waals surface area contributed by atoms with Gasteiger partial charge in [0.25, 0.3) is 5.91 Å². The molecule has 2 heterocycles. The number of aliphatic hydroxyl groups excluding tert-OH is 1. The minimum absolute atomic E-state index is 0.0157. The summed E-state index contributed by atoms with van der Waals surface area (Å²) in [5.41, 5.74) is 0.257. The lowest BCUT2D eigenvalue weighted by Crippen LogP contribution is -2.72. The highest BCUT2D eigenvalue weighted by Gasteiger charge is 2.46. The number of halogens is 1. The van der Waals surface area contributed by atoms with Gasteiger partial charge in [0.05, 0.1) is 12.1 Å². The lowest BCUT2D eigenvalue weighted by molar-refractivity contribution is -0.0845. The highest BCUT2D eigenvalue weighted by atomic mass is 35.5. The molecule has 0 saturated carbocycles. The van der Waals surface area contributed by atoms with Crippen molar-refractivity contribution in [3.05, 3.63) is 34.9 Å². The highest BCUT2D eigenvalue weighted by molar-refractivity contribution is 6.30. The van der Waals surface area contributed by atoms with E-state index in [1.807, 2.05) is 4.90 Å². The number of amides is 1. The van der Waals surface area contributed by atoms with Gasteiger partial charge < -0.3 is 14.9 Å². The summed E-state index contributed by atoms with van der Waals surface area (Å²) in [4.78, 5) is 19.8. The third kappa shape index (κ3) is 4.06. The Labute approximate surface area is 161 Å². The summed E-state index contributed by atoms with van der Waals surface area (Å²) in [6.07, 6.45) is 0. The number of carbonyl (C=O) groups is 1. The Morgan fingerprint density at radius 3 is 2.58 bits per heavy atom. The van der Waals surface area contributed by atoms with Gasteiger partial charge in [-0.1, -0.05) is 25.4 Å². The van der Waals surface area contributed by atoms with E-state index in [0.717, 1.165) is 26.2 Å². The van der Waals surface area contributed by atoms with Crippen LogP contribution in [0.4, 0.5) is 0 Å². The van der Waals surface area contributed by atoms with E-state index in [9.17, 15) is 9.90 Å². The molecule has 1 aromatic carbocycles. The van der Waals surface area contributed by atoms with Crippen LogP contribution in [0.1, 0.15) is 31.1 Å². The monoisotopic (exact) mass is 379 g/mol. The zero-order chi connectivity index (χ0) is 18.9. The SMILES string of the molecule is CC(C)CN1CCN2[C@@H](C1)CN(C(=O)c1ccc(Cl)cc1)C[C@@]2(C)CO. The summed E-state index contributed by atoms with van der Waals surface area (Å²) in [6, 6.07) is 7.31. The average Bonchev–Trinajstić information content (AvgIpc) is 2.61. The number of fused-ring (bicyclic) bond motifs is 1. The van der Waals surface area contributed by atoms with E-state index in [1.165, 1.54) is 0 Å². The molecule has 2 fully saturated rings. The molecule has 0 spiro atoms. The van der Waals surface area contributed by atoms with Crippen LogP contribution < -0.4 is 0 Å². The number of carbonyl (C=O) groups excluding carboxylic acids is 1. The van der Waals surface area contributed by atoms with E-state index in [-0.39, 0.29) is 18.6 Å². The van der Waals surface area contributed by atoms with Gasteiger partial charge in [-0.15, -0.1) is 0 Å². The largest absolute Gasteiger partial charge is 0.394 e. The molecule has 0 bridgehead atoms. The molecule has 144 valence electrons. The topological polar surface area (TPSA) is 47.0 Å². The molecule has 6 heteroatoms. The van der Waals surface area contributed by atoms with Crippen LogP contribution in [0, 0.1) is 5.92 Å². The Hall–Kier alpha value is -1.14. The molecule has 0 unspecified atom stereocenters. The van der Waals surface area contributed by atoms with E-state index in [1.54, 1.807) is 24.3 Å². The van der Waals surface area contributed by atoms with Gasteiger partial charge in [0.1, 0.15) is 0 Å². The molecule has 0 aliphatic carbocycles. The van der Waals surface area contributed by atoms with Crippen molar-refractivity contribution >= 4 is 17.5 Å². The molecule has 2 atom stereocenters. The second-order valence-electron chi connectivity index (χ2n) is 8.35. The Kier molecular flexibility index (Phi) is 5.92. The lowest BCUT2D eigenvalue weighted by Gasteiger charge is -2.56. The van der Waals surface area contributed by atoms with Crippen LogP contribution in [-0.4, -0.2) is 83.2 Å². The average molecular weight is 380 g/mol. The van der Waals surface area contributed by atoms with Crippen LogP contribution in [0.25, 0.3) is 0 Å². The predicted octanol–water partition coefficient (Wildman–Crippen LogP) is 2.19. The van der Waals surface area contributed by atoms with Gasteiger partial charge in [0.15, 0.2) is 0 Å². The molecule has 2 aliphatic heterocycles. The fourth-order valence-corrected chi connectivity index (χ4v) is 4.49. The Balaban J connectivity index is 1.78. The summed E-state index contributed by atoms with van der Waals surface area (Å²) < 4.78 is 0. The summed E-state index contributed by atoms with van der Waals surface area (Å²) in [6.45, 7) is 11.8. The van der Waals surface area contributed by atoms with E-state index < -0.39 is 5.54 Å². The van der Waals surface area contributed by atoms with Gasteiger partial charge in [-0.3, -0.25) is 9.69 Å². The Morgan fingerprint density at radius 1 is 1.27 bits per heavy atom. The van der Waals surface area contributed by atoms with Crippen molar-refractivity contribution in [2.75, 3.05) is 45.9 Å². The van der Waals surface area contributed by atoms with Crippen molar-refractivity contribution in [2.24, 2.45) is 5.92 Å². The Morgan fingerprint density at radius 2 is 1.96 bits per heavy atom. The number of aliphatic hydroxyl groups is 1. The van der Waals surface area contributed by atoms with Gasteiger partial charge >= 0.3 is 0 Å². The van der Waals surface area contributed by atoms with Gasteiger partial charge in [-0.05, 0) is 37.1 Å². The maximum Gasteiger partial charge on any atom is 0.253 e. The molecular formula is C20H30ClN3O2. The van der Waals surface area contributed by atoms with Crippen LogP contribution in [0.5, 0.6) is 0 Å². The fourth-order valence-electron chi connectivity index (χ4n) is 4.36. The summed E-state index contributed by atoms with van der Waals surface area (Å²) in [5.74, 6) is 0.642. The van der Waals surface area contributed by atoms with Gasteiger partial charge in [-0.25, -0.2) is 0 Å². The number of nitrogens with zero attached hydrogens (tertiary/aromatic N) is 3. The standard InChI is InChI=1S/C20H30ClN3O2/c1-15(2)10-22-8-9-24-18(11-22)12-23(13-20(24,3)14-25)19(26)16-4-6-17(21)7-5-16/h4-7,15,18,25H,8-14H2,1-3H3/t18-,20-/m0/s1. The van der Waals surface area contributed by atoms with Crippen molar-refractivity contribution in [3.63, 3.8) is 0 Å². The molecule has 3 rings (SSSR count). The zero-order valence-corrected chi connectivity index (χ0v) is 16.7. The first kappa shape index (κ1) is 19.6. The van der Waals surface area contributed by atoms with Crippen molar-refractivity contribution in [3.8, 4) is 0 Å². The van der Waals surface area contributed by atoms with E-state index >= 15 is 0 Å². The number of hydrogen-bond acceptors (Lipinski definition) is 4. The molecule has 0 aromatic heterocycles. The normalized spacial score (nSPS) is 27.6. The Bertz CT molecular complexity index is 636. The number of piperazine rings is 2. The summed E-state index contributed by atoms with van der Waals surface area (Å²) >= 11 is 5.95. The first-order valence-electron chi connectivity index (χ1n) is 9.47. The van der Waals surface area contributed by atoms with Crippen molar-refractivity contribution in [1.82, 2.24) is 14.7 Å². The molecule has 0 radical (unpaired) electrons. The summed E-state index contributed by atoms with van der Waals surface area (Å²) in [7, 11) is 0. The van der Waals surface area contributed by atoms with Crippen LogP contribution in [-0.2, 0) is 0 Å². The molecule has 1 N–H and O–H groups in total. The maximum atomic E-state index is 13.0. The van der Waals surface area contributed by atoms with Crippen molar-refractivity contribution < 1.29 is 9.90 Å². The van der Waals surface area contributed by atoms with E-state index in [0.29, 0.717) is 29.6 Å². The molecule has 1 aromatic rings. The number of hydrogen-bond donors (Lipinski definition) is 1. The first-order valence-corrected chi connectivity index (χ1v) is 9.85. The van der Waals surface area contributed by atoms with Gasteiger partial charge in [-0.2, -0.15) is 0 Å². The molecule has 1 amide bonds.